The Morgan fingerprint density at radius 3 is 2.29 bits per heavy atom. The van der Waals surface area contributed by atoms with E-state index in [0.29, 0.717) is 6.54 Å². The third kappa shape index (κ3) is 5.93. The predicted octanol–water partition coefficient (Wildman–Crippen LogP) is 0.468. The SMILES string of the molecule is C#CC(NC(C)C(=O)NC(=O)NCC)C(C)C. The number of carbonyl (C=O) groups excluding carboxylic acids is 2. The monoisotopic (exact) mass is 239 g/mol. The van der Waals surface area contributed by atoms with Crippen molar-refractivity contribution in [3.05, 3.63) is 0 Å². The molecule has 0 heterocycles. The molecule has 96 valence electrons. The molecule has 5 heteroatoms. The Morgan fingerprint density at radius 2 is 1.88 bits per heavy atom. The normalized spacial score (nSPS) is 13.6. The van der Waals surface area contributed by atoms with Crippen LogP contribution in [0.3, 0.4) is 0 Å². The summed E-state index contributed by atoms with van der Waals surface area (Å²) in [5.74, 6) is 2.40. The summed E-state index contributed by atoms with van der Waals surface area (Å²) in [7, 11) is 0. The second-order valence-electron chi connectivity index (χ2n) is 4.13. The van der Waals surface area contributed by atoms with E-state index in [9.17, 15) is 9.59 Å². The van der Waals surface area contributed by atoms with Gasteiger partial charge in [-0.3, -0.25) is 15.4 Å². The highest BCUT2D eigenvalue weighted by atomic mass is 16.2. The maximum absolute atomic E-state index is 11.6. The molecule has 2 unspecified atom stereocenters. The first-order valence-electron chi connectivity index (χ1n) is 5.73. The average molecular weight is 239 g/mol. The van der Waals surface area contributed by atoms with E-state index in [-0.39, 0.29) is 12.0 Å². The zero-order chi connectivity index (χ0) is 13.4. The van der Waals surface area contributed by atoms with E-state index >= 15 is 0 Å². The zero-order valence-corrected chi connectivity index (χ0v) is 10.8. The van der Waals surface area contributed by atoms with Crippen molar-refractivity contribution in [2.75, 3.05) is 6.54 Å². The van der Waals surface area contributed by atoms with Crippen molar-refractivity contribution in [2.24, 2.45) is 5.92 Å². The molecule has 0 rings (SSSR count). The minimum atomic E-state index is -0.513. The second kappa shape index (κ2) is 7.69. The molecule has 17 heavy (non-hydrogen) atoms. The molecule has 2 atom stereocenters. The predicted molar refractivity (Wildman–Crippen MR) is 67.3 cm³/mol. The van der Waals surface area contributed by atoms with Crippen LogP contribution < -0.4 is 16.0 Å². The van der Waals surface area contributed by atoms with Crippen LogP contribution in [0, 0.1) is 18.3 Å². The molecule has 0 fully saturated rings. The standard InChI is InChI=1S/C12H21N3O2/c1-6-10(8(3)4)14-9(5)11(16)15-12(17)13-7-2/h1,8-10,14H,7H2,2-5H3,(H2,13,15,16,17). The summed E-state index contributed by atoms with van der Waals surface area (Å²) < 4.78 is 0. The first-order chi connectivity index (χ1) is 7.92. The highest BCUT2D eigenvalue weighted by Gasteiger charge is 2.19. The molecule has 0 saturated heterocycles. The van der Waals surface area contributed by atoms with Gasteiger partial charge in [-0.2, -0.15) is 0 Å². The minimum absolute atomic E-state index is 0.190. The number of nitrogens with one attached hydrogen (secondary N) is 3. The summed E-state index contributed by atoms with van der Waals surface area (Å²) >= 11 is 0. The van der Waals surface area contributed by atoms with Crippen molar-refractivity contribution in [1.29, 1.82) is 0 Å². The zero-order valence-electron chi connectivity index (χ0n) is 10.8. The Labute approximate surface area is 103 Å². The van der Waals surface area contributed by atoms with E-state index in [1.807, 2.05) is 13.8 Å². The highest BCUT2D eigenvalue weighted by Crippen LogP contribution is 2.01. The third-order valence-corrected chi connectivity index (χ3v) is 2.24. The van der Waals surface area contributed by atoms with Gasteiger partial charge in [-0.05, 0) is 19.8 Å². The first-order valence-corrected chi connectivity index (χ1v) is 5.73. The van der Waals surface area contributed by atoms with Gasteiger partial charge in [-0.15, -0.1) is 6.42 Å². The molecule has 0 aliphatic heterocycles. The van der Waals surface area contributed by atoms with Gasteiger partial charge in [0, 0.05) is 6.54 Å². The van der Waals surface area contributed by atoms with E-state index in [2.05, 4.69) is 21.9 Å². The van der Waals surface area contributed by atoms with Crippen LogP contribution in [0.4, 0.5) is 4.79 Å². The van der Waals surface area contributed by atoms with E-state index in [1.54, 1.807) is 13.8 Å². The molecular weight excluding hydrogens is 218 g/mol. The topological polar surface area (TPSA) is 70.2 Å². The fourth-order valence-electron chi connectivity index (χ4n) is 1.20. The molecule has 0 spiro atoms. The Hall–Kier alpha value is -1.54. The molecule has 0 aliphatic rings. The maximum Gasteiger partial charge on any atom is 0.321 e. The van der Waals surface area contributed by atoms with E-state index in [1.165, 1.54) is 0 Å². The van der Waals surface area contributed by atoms with Crippen LogP contribution in [0.2, 0.25) is 0 Å². The van der Waals surface area contributed by atoms with Crippen molar-refractivity contribution in [3.8, 4) is 12.3 Å². The van der Waals surface area contributed by atoms with Gasteiger partial charge in [-0.25, -0.2) is 4.79 Å². The van der Waals surface area contributed by atoms with Crippen molar-refractivity contribution in [1.82, 2.24) is 16.0 Å². The molecule has 5 nitrogen and oxygen atoms in total. The van der Waals surface area contributed by atoms with Crippen LogP contribution in [0.5, 0.6) is 0 Å². The van der Waals surface area contributed by atoms with Gasteiger partial charge in [0.25, 0.3) is 0 Å². The van der Waals surface area contributed by atoms with Crippen molar-refractivity contribution >= 4 is 11.9 Å². The lowest BCUT2D eigenvalue weighted by molar-refractivity contribution is -0.121. The van der Waals surface area contributed by atoms with Crippen molar-refractivity contribution < 1.29 is 9.59 Å². The van der Waals surface area contributed by atoms with Crippen molar-refractivity contribution in [2.45, 2.75) is 39.8 Å². The van der Waals surface area contributed by atoms with E-state index in [0.717, 1.165) is 0 Å². The lowest BCUT2D eigenvalue weighted by atomic mass is 10.0. The average Bonchev–Trinajstić information content (AvgIpc) is 2.25. The highest BCUT2D eigenvalue weighted by molar-refractivity contribution is 5.96. The number of carbonyl (C=O) groups is 2. The van der Waals surface area contributed by atoms with Gasteiger partial charge < -0.3 is 5.32 Å². The van der Waals surface area contributed by atoms with Gasteiger partial charge >= 0.3 is 6.03 Å². The third-order valence-electron chi connectivity index (χ3n) is 2.24. The Kier molecular flexibility index (Phi) is 6.99. The van der Waals surface area contributed by atoms with Crippen LogP contribution in [0.25, 0.3) is 0 Å². The summed E-state index contributed by atoms with van der Waals surface area (Å²) in [6.07, 6.45) is 5.35. The second-order valence-corrected chi connectivity index (χ2v) is 4.13. The maximum atomic E-state index is 11.6. The van der Waals surface area contributed by atoms with Gasteiger partial charge in [0.2, 0.25) is 5.91 Å². The quantitative estimate of drug-likeness (QED) is 0.611. The van der Waals surface area contributed by atoms with Crippen LogP contribution in [0.15, 0.2) is 0 Å². The Morgan fingerprint density at radius 1 is 1.29 bits per heavy atom. The first kappa shape index (κ1) is 15.5. The number of hydrogen-bond acceptors (Lipinski definition) is 3. The van der Waals surface area contributed by atoms with Crippen LogP contribution in [0.1, 0.15) is 27.7 Å². The number of amides is 3. The minimum Gasteiger partial charge on any atom is -0.338 e. The smallest absolute Gasteiger partial charge is 0.321 e. The number of hydrogen-bond donors (Lipinski definition) is 3. The lowest BCUT2D eigenvalue weighted by Gasteiger charge is -2.21. The van der Waals surface area contributed by atoms with Crippen LogP contribution >= 0.6 is 0 Å². The van der Waals surface area contributed by atoms with E-state index < -0.39 is 18.0 Å². The largest absolute Gasteiger partial charge is 0.338 e. The fraction of sp³-hybridized carbons (Fsp3) is 0.667. The van der Waals surface area contributed by atoms with E-state index in [4.69, 9.17) is 6.42 Å². The molecule has 0 aliphatic carbocycles. The number of rotatable bonds is 5. The summed E-state index contributed by atoms with van der Waals surface area (Å²) in [5.41, 5.74) is 0. The molecule has 0 aromatic carbocycles. The molecule has 0 radical (unpaired) electrons. The molecule has 3 N–H and O–H groups in total. The van der Waals surface area contributed by atoms with Gasteiger partial charge in [-0.1, -0.05) is 19.8 Å². The van der Waals surface area contributed by atoms with Crippen LogP contribution in [-0.2, 0) is 4.79 Å². The Bertz CT molecular complexity index is 307. The molecule has 0 saturated carbocycles. The Balaban J connectivity index is 4.23. The number of urea groups is 1. The fourth-order valence-corrected chi connectivity index (χ4v) is 1.20. The van der Waals surface area contributed by atoms with Gasteiger partial charge in [0.05, 0.1) is 12.1 Å². The van der Waals surface area contributed by atoms with Gasteiger partial charge in [0.1, 0.15) is 0 Å². The summed E-state index contributed by atoms with van der Waals surface area (Å²) in [5, 5.41) is 7.70. The molecular formula is C12H21N3O2. The lowest BCUT2D eigenvalue weighted by Crippen LogP contribution is -2.51. The number of terminal acetylenes is 1. The molecule has 3 amide bonds. The summed E-state index contributed by atoms with van der Waals surface area (Å²) in [6.45, 7) is 7.85. The van der Waals surface area contributed by atoms with Crippen LogP contribution in [-0.4, -0.2) is 30.6 Å². The molecule has 0 aromatic rings. The molecule has 0 aromatic heterocycles. The van der Waals surface area contributed by atoms with Crippen molar-refractivity contribution in [3.63, 3.8) is 0 Å². The molecule has 0 bridgehead atoms. The van der Waals surface area contributed by atoms with Gasteiger partial charge in [0.15, 0.2) is 0 Å². The summed E-state index contributed by atoms with van der Waals surface area (Å²) in [6, 6.07) is -1.20. The number of imide groups is 1. The summed E-state index contributed by atoms with van der Waals surface area (Å²) in [4.78, 5) is 22.7.